The van der Waals surface area contributed by atoms with Gasteiger partial charge in [0.05, 0.1) is 22.7 Å². The molecule has 0 saturated carbocycles. The highest BCUT2D eigenvalue weighted by Gasteiger charge is 2.16. The molecule has 0 aliphatic heterocycles. The first-order valence-electron chi connectivity index (χ1n) is 6.16. The van der Waals surface area contributed by atoms with Crippen LogP contribution in [-0.2, 0) is 6.54 Å². The van der Waals surface area contributed by atoms with Crippen LogP contribution in [0.5, 0.6) is 0 Å². The Balaban J connectivity index is 2.12. The van der Waals surface area contributed by atoms with E-state index in [1.165, 1.54) is 29.5 Å². The highest BCUT2D eigenvalue weighted by Crippen LogP contribution is 2.25. The van der Waals surface area contributed by atoms with Gasteiger partial charge in [0.25, 0.3) is 11.6 Å². The summed E-state index contributed by atoms with van der Waals surface area (Å²) in [7, 11) is 1.57. The molecule has 0 saturated heterocycles. The highest BCUT2D eigenvalue weighted by molar-refractivity contribution is 7.09. The first kappa shape index (κ1) is 14.9. The molecule has 1 aromatic carbocycles. The zero-order valence-corrected chi connectivity index (χ0v) is 12.4. The summed E-state index contributed by atoms with van der Waals surface area (Å²) in [4.78, 5) is 27.5. The number of nitro benzene ring substituents is 1. The van der Waals surface area contributed by atoms with E-state index in [4.69, 9.17) is 0 Å². The molecule has 1 amide bonds. The van der Waals surface area contributed by atoms with Gasteiger partial charge in [-0.1, -0.05) is 0 Å². The molecule has 8 heteroatoms. The fourth-order valence-electron chi connectivity index (χ4n) is 1.80. The standard InChI is InChI=1S/C13H14N4O3S/c1-8-12(21-7-16-8)6-15-13(18)9-3-4-11(17(19)20)10(5-9)14-2/h3-5,7,14H,6H2,1-2H3,(H,15,18). The smallest absolute Gasteiger partial charge is 0.292 e. The van der Waals surface area contributed by atoms with E-state index < -0.39 is 4.92 Å². The first-order chi connectivity index (χ1) is 10.0. The van der Waals surface area contributed by atoms with E-state index in [-0.39, 0.29) is 11.6 Å². The Morgan fingerprint density at radius 2 is 2.24 bits per heavy atom. The molecule has 0 radical (unpaired) electrons. The second-order valence-electron chi connectivity index (χ2n) is 4.28. The van der Waals surface area contributed by atoms with Crippen molar-refractivity contribution < 1.29 is 9.72 Å². The molecule has 0 spiro atoms. The maximum absolute atomic E-state index is 12.1. The molecule has 2 N–H and O–H groups in total. The van der Waals surface area contributed by atoms with Crippen molar-refractivity contribution in [2.24, 2.45) is 0 Å². The second kappa shape index (κ2) is 6.31. The predicted octanol–water partition coefficient (Wildman–Crippen LogP) is 2.33. The maximum atomic E-state index is 12.1. The lowest BCUT2D eigenvalue weighted by Crippen LogP contribution is -2.22. The van der Waals surface area contributed by atoms with Crippen molar-refractivity contribution >= 4 is 28.6 Å². The minimum absolute atomic E-state index is 0.0626. The average Bonchev–Trinajstić information content (AvgIpc) is 2.89. The number of carbonyl (C=O) groups is 1. The molecule has 0 atom stereocenters. The minimum Gasteiger partial charge on any atom is -0.383 e. The third kappa shape index (κ3) is 3.34. The van der Waals surface area contributed by atoms with E-state index in [1.807, 2.05) is 6.92 Å². The monoisotopic (exact) mass is 306 g/mol. The van der Waals surface area contributed by atoms with Crippen LogP contribution in [0.25, 0.3) is 0 Å². The summed E-state index contributed by atoms with van der Waals surface area (Å²) < 4.78 is 0. The van der Waals surface area contributed by atoms with E-state index in [1.54, 1.807) is 12.6 Å². The van der Waals surface area contributed by atoms with E-state index in [0.717, 1.165) is 10.6 Å². The normalized spacial score (nSPS) is 10.2. The number of thiazole rings is 1. The molecule has 21 heavy (non-hydrogen) atoms. The lowest BCUT2D eigenvalue weighted by Gasteiger charge is -2.07. The summed E-state index contributed by atoms with van der Waals surface area (Å²) >= 11 is 1.47. The van der Waals surface area contributed by atoms with Gasteiger partial charge in [0.1, 0.15) is 5.69 Å². The van der Waals surface area contributed by atoms with Crippen LogP contribution in [0.15, 0.2) is 23.7 Å². The van der Waals surface area contributed by atoms with Gasteiger partial charge in [-0.3, -0.25) is 14.9 Å². The summed E-state index contributed by atoms with van der Waals surface area (Å²) in [6.45, 7) is 2.27. The van der Waals surface area contributed by atoms with Gasteiger partial charge in [-0.25, -0.2) is 4.98 Å². The molecule has 1 heterocycles. The van der Waals surface area contributed by atoms with Crippen LogP contribution in [0.4, 0.5) is 11.4 Å². The van der Waals surface area contributed by atoms with Crippen molar-refractivity contribution in [3.8, 4) is 0 Å². The van der Waals surface area contributed by atoms with Gasteiger partial charge < -0.3 is 10.6 Å². The molecule has 2 rings (SSSR count). The van der Waals surface area contributed by atoms with E-state index in [9.17, 15) is 14.9 Å². The highest BCUT2D eigenvalue weighted by atomic mass is 32.1. The van der Waals surface area contributed by atoms with Gasteiger partial charge in [-0.15, -0.1) is 11.3 Å². The summed E-state index contributed by atoms with van der Waals surface area (Å²) in [6, 6.07) is 4.22. The van der Waals surface area contributed by atoms with E-state index >= 15 is 0 Å². The predicted molar refractivity (Wildman–Crippen MR) is 80.7 cm³/mol. The zero-order chi connectivity index (χ0) is 15.4. The number of carbonyl (C=O) groups excluding carboxylic acids is 1. The number of rotatable bonds is 5. The number of aromatic nitrogens is 1. The number of nitrogens with zero attached hydrogens (tertiary/aromatic N) is 2. The largest absolute Gasteiger partial charge is 0.383 e. The summed E-state index contributed by atoms with van der Waals surface area (Å²) in [6.07, 6.45) is 0. The van der Waals surface area contributed by atoms with E-state index in [0.29, 0.717) is 17.8 Å². The molecule has 0 unspecified atom stereocenters. The van der Waals surface area contributed by atoms with Crippen LogP contribution < -0.4 is 10.6 Å². The first-order valence-corrected chi connectivity index (χ1v) is 7.04. The zero-order valence-electron chi connectivity index (χ0n) is 11.5. The molecule has 0 bridgehead atoms. The SMILES string of the molecule is CNc1cc(C(=O)NCc2scnc2C)ccc1[N+](=O)[O-]. The molecule has 7 nitrogen and oxygen atoms in total. The Kier molecular flexibility index (Phi) is 4.49. The van der Waals surface area contributed by atoms with E-state index in [2.05, 4.69) is 15.6 Å². The summed E-state index contributed by atoms with van der Waals surface area (Å²) in [5.74, 6) is -0.283. The lowest BCUT2D eigenvalue weighted by atomic mass is 10.1. The Morgan fingerprint density at radius 1 is 1.48 bits per heavy atom. The Labute approximate surface area is 125 Å². The average molecular weight is 306 g/mol. The fourth-order valence-corrected chi connectivity index (χ4v) is 2.51. The Hall–Kier alpha value is -2.48. The van der Waals surface area contributed by atoms with Crippen molar-refractivity contribution in [1.82, 2.24) is 10.3 Å². The number of nitrogens with one attached hydrogen (secondary N) is 2. The molecule has 1 aromatic heterocycles. The molecule has 0 fully saturated rings. The second-order valence-corrected chi connectivity index (χ2v) is 5.22. The van der Waals surface area contributed by atoms with Crippen molar-refractivity contribution in [1.29, 1.82) is 0 Å². The molecule has 110 valence electrons. The Bertz CT molecular complexity index is 684. The third-order valence-corrected chi connectivity index (χ3v) is 3.91. The fraction of sp³-hybridized carbons (Fsp3) is 0.231. The number of hydrogen-bond donors (Lipinski definition) is 2. The molecular formula is C13H14N4O3S. The van der Waals surface area contributed by atoms with Gasteiger partial charge in [-0.05, 0) is 19.1 Å². The third-order valence-electron chi connectivity index (χ3n) is 2.98. The molecule has 0 aliphatic rings. The van der Waals surface area contributed by atoms with Crippen molar-refractivity contribution in [3.05, 3.63) is 50.0 Å². The van der Waals surface area contributed by atoms with Crippen molar-refractivity contribution in [2.75, 3.05) is 12.4 Å². The van der Waals surface area contributed by atoms with Gasteiger partial charge in [0, 0.05) is 23.6 Å². The summed E-state index contributed by atoms with van der Waals surface area (Å²) in [5, 5.41) is 16.3. The minimum atomic E-state index is -0.492. The molecule has 2 aromatic rings. The number of hydrogen-bond acceptors (Lipinski definition) is 6. The van der Waals surface area contributed by atoms with Gasteiger partial charge in [-0.2, -0.15) is 0 Å². The Morgan fingerprint density at radius 3 is 2.81 bits per heavy atom. The van der Waals surface area contributed by atoms with Gasteiger partial charge in [0.15, 0.2) is 0 Å². The number of nitro groups is 1. The van der Waals surface area contributed by atoms with Crippen LogP contribution in [0, 0.1) is 17.0 Å². The van der Waals surface area contributed by atoms with Gasteiger partial charge in [0.2, 0.25) is 0 Å². The van der Waals surface area contributed by atoms with Gasteiger partial charge >= 0.3 is 0 Å². The van der Waals surface area contributed by atoms with Crippen LogP contribution in [-0.4, -0.2) is 22.9 Å². The van der Waals surface area contributed by atoms with Crippen LogP contribution in [0.1, 0.15) is 20.9 Å². The number of anilines is 1. The topological polar surface area (TPSA) is 97.2 Å². The molecule has 0 aliphatic carbocycles. The lowest BCUT2D eigenvalue weighted by molar-refractivity contribution is -0.383. The van der Waals surface area contributed by atoms with Crippen molar-refractivity contribution in [3.63, 3.8) is 0 Å². The van der Waals surface area contributed by atoms with Crippen LogP contribution in [0.3, 0.4) is 0 Å². The maximum Gasteiger partial charge on any atom is 0.292 e. The number of aryl methyl sites for hydroxylation is 1. The number of benzene rings is 1. The van der Waals surface area contributed by atoms with Crippen LogP contribution >= 0.6 is 11.3 Å². The summed E-state index contributed by atoms with van der Waals surface area (Å²) in [5.41, 5.74) is 3.22. The number of amides is 1. The quantitative estimate of drug-likeness (QED) is 0.652. The molecular weight excluding hydrogens is 292 g/mol. The van der Waals surface area contributed by atoms with Crippen molar-refractivity contribution in [2.45, 2.75) is 13.5 Å². The van der Waals surface area contributed by atoms with Crippen LogP contribution in [0.2, 0.25) is 0 Å².